The molecule has 4 nitrogen and oxygen atoms in total. The molecule has 0 aromatic heterocycles. The summed E-state index contributed by atoms with van der Waals surface area (Å²) < 4.78 is 13.6. The summed E-state index contributed by atoms with van der Waals surface area (Å²) in [4.78, 5) is 25.8. The lowest BCUT2D eigenvalue weighted by molar-refractivity contribution is -0.116. The van der Waals surface area contributed by atoms with E-state index >= 15 is 0 Å². The number of nitrogens with one attached hydrogen (secondary N) is 1. The van der Waals surface area contributed by atoms with Crippen LogP contribution in [0.3, 0.4) is 0 Å². The van der Waals surface area contributed by atoms with Crippen molar-refractivity contribution in [2.75, 3.05) is 16.0 Å². The maximum Gasteiger partial charge on any atom is 0.238 e. The predicted molar refractivity (Wildman–Crippen MR) is 104 cm³/mol. The Morgan fingerprint density at radius 2 is 2.04 bits per heavy atom. The maximum absolute atomic E-state index is 13.6. The van der Waals surface area contributed by atoms with Crippen molar-refractivity contribution in [3.63, 3.8) is 0 Å². The van der Waals surface area contributed by atoms with Crippen molar-refractivity contribution in [1.29, 1.82) is 0 Å². The van der Waals surface area contributed by atoms with E-state index in [1.165, 1.54) is 23.9 Å². The fourth-order valence-corrected chi connectivity index (χ4v) is 4.05. The van der Waals surface area contributed by atoms with Gasteiger partial charge in [-0.15, -0.1) is 11.8 Å². The molecule has 1 aliphatic rings. The summed E-state index contributed by atoms with van der Waals surface area (Å²) in [5.74, 6) is -0.0403. The van der Waals surface area contributed by atoms with Crippen LogP contribution in [0, 0.1) is 5.82 Å². The second-order valence-electron chi connectivity index (χ2n) is 6.18. The standard InChI is InChI=1S/C20H21FN2O2S/c1-2-3-7-18(24)22-16-10-8-14(9-11-16)20-23(19(25)13-26-20)17-6-4-5-15(21)12-17/h4-6,8-12,20H,2-3,7,13H2,1H3,(H,22,24)/t20-/m0/s1. The summed E-state index contributed by atoms with van der Waals surface area (Å²) in [6, 6.07) is 13.6. The third kappa shape index (κ3) is 4.25. The van der Waals surface area contributed by atoms with Crippen LogP contribution >= 0.6 is 11.8 Å². The molecule has 0 saturated carbocycles. The van der Waals surface area contributed by atoms with Crippen LogP contribution in [-0.4, -0.2) is 17.6 Å². The highest BCUT2D eigenvalue weighted by Gasteiger charge is 2.34. The van der Waals surface area contributed by atoms with Gasteiger partial charge in [0.15, 0.2) is 0 Å². The predicted octanol–water partition coefficient (Wildman–Crippen LogP) is 4.73. The van der Waals surface area contributed by atoms with Crippen molar-refractivity contribution in [2.45, 2.75) is 31.6 Å². The van der Waals surface area contributed by atoms with Gasteiger partial charge in [-0.25, -0.2) is 4.39 Å². The molecule has 2 aromatic rings. The number of rotatable bonds is 6. The monoisotopic (exact) mass is 372 g/mol. The first kappa shape index (κ1) is 18.5. The number of amides is 2. The van der Waals surface area contributed by atoms with Gasteiger partial charge in [0, 0.05) is 17.8 Å². The highest BCUT2D eigenvalue weighted by Crippen LogP contribution is 2.42. The number of thioether (sulfide) groups is 1. The molecule has 0 aliphatic carbocycles. The van der Waals surface area contributed by atoms with E-state index in [0.717, 1.165) is 24.1 Å². The number of carbonyl (C=O) groups is 2. The number of halogens is 1. The highest BCUT2D eigenvalue weighted by molar-refractivity contribution is 8.00. The van der Waals surface area contributed by atoms with Crippen LogP contribution in [-0.2, 0) is 9.59 Å². The lowest BCUT2D eigenvalue weighted by Gasteiger charge is -2.24. The molecular formula is C20H21FN2O2S. The van der Waals surface area contributed by atoms with Crippen LogP contribution in [0.25, 0.3) is 0 Å². The van der Waals surface area contributed by atoms with E-state index in [9.17, 15) is 14.0 Å². The summed E-state index contributed by atoms with van der Waals surface area (Å²) in [5, 5.41) is 2.68. The van der Waals surface area contributed by atoms with Crippen molar-refractivity contribution >= 4 is 35.0 Å². The fourth-order valence-electron chi connectivity index (χ4n) is 2.87. The van der Waals surface area contributed by atoms with Crippen LogP contribution < -0.4 is 10.2 Å². The van der Waals surface area contributed by atoms with E-state index in [4.69, 9.17) is 0 Å². The van der Waals surface area contributed by atoms with Crippen molar-refractivity contribution in [3.8, 4) is 0 Å². The van der Waals surface area contributed by atoms with Gasteiger partial charge in [-0.2, -0.15) is 0 Å². The Morgan fingerprint density at radius 3 is 2.73 bits per heavy atom. The Kier molecular flexibility index (Phi) is 5.93. The van der Waals surface area contributed by atoms with Gasteiger partial charge in [-0.05, 0) is 42.3 Å². The van der Waals surface area contributed by atoms with E-state index < -0.39 is 0 Å². The summed E-state index contributed by atoms with van der Waals surface area (Å²) in [5.41, 5.74) is 2.24. The van der Waals surface area contributed by atoms with Crippen LogP contribution in [0.4, 0.5) is 15.8 Å². The molecule has 26 heavy (non-hydrogen) atoms. The molecule has 1 saturated heterocycles. The van der Waals surface area contributed by atoms with Gasteiger partial charge in [0.2, 0.25) is 11.8 Å². The molecule has 3 rings (SSSR count). The van der Waals surface area contributed by atoms with E-state index in [-0.39, 0.29) is 23.0 Å². The number of carbonyl (C=O) groups excluding carboxylic acids is 2. The summed E-state index contributed by atoms with van der Waals surface area (Å²) in [6.07, 6.45) is 2.36. The number of hydrogen-bond donors (Lipinski definition) is 1. The third-order valence-electron chi connectivity index (χ3n) is 4.19. The number of hydrogen-bond acceptors (Lipinski definition) is 3. The molecule has 136 valence electrons. The molecule has 0 unspecified atom stereocenters. The Bertz CT molecular complexity index is 795. The maximum atomic E-state index is 13.6. The first-order valence-corrected chi connectivity index (χ1v) is 9.72. The SMILES string of the molecule is CCCCC(=O)Nc1ccc([C@@H]2SCC(=O)N2c2cccc(F)c2)cc1. The van der Waals surface area contributed by atoms with Gasteiger partial charge < -0.3 is 5.32 Å². The van der Waals surface area contributed by atoms with E-state index in [1.54, 1.807) is 17.0 Å². The molecule has 0 bridgehead atoms. The lowest BCUT2D eigenvalue weighted by atomic mass is 10.1. The molecule has 2 aromatic carbocycles. The summed E-state index contributed by atoms with van der Waals surface area (Å²) >= 11 is 1.51. The highest BCUT2D eigenvalue weighted by atomic mass is 32.2. The normalized spacial score (nSPS) is 16.8. The largest absolute Gasteiger partial charge is 0.326 e. The zero-order valence-corrected chi connectivity index (χ0v) is 15.4. The molecule has 1 N–H and O–H groups in total. The first-order valence-electron chi connectivity index (χ1n) is 8.67. The average Bonchev–Trinajstić information content (AvgIpc) is 3.02. The number of unbranched alkanes of at least 4 members (excludes halogenated alkanes) is 1. The van der Waals surface area contributed by atoms with Gasteiger partial charge in [0.25, 0.3) is 0 Å². The second-order valence-corrected chi connectivity index (χ2v) is 7.25. The van der Waals surface area contributed by atoms with Crippen LogP contribution in [0.15, 0.2) is 48.5 Å². The Morgan fingerprint density at radius 1 is 1.27 bits per heavy atom. The molecule has 1 heterocycles. The zero-order valence-electron chi connectivity index (χ0n) is 14.6. The third-order valence-corrected chi connectivity index (χ3v) is 5.40. The topological polar surface area (TPSA) is 49.4 Å². The minimum atomic E-state index is -0.365. The van der Waals surface area contributed by atoms with E-state index in [1.807, 2.05) is 31.2 Å². The van der Waals surface area contributed by atoms with Gasteiger partial charge in [-0.1, -0.05) is 31.5 Å². The fraction of sp³-hybridized carbons (Fsp3) is 0.300. The summed E-state index contributed by atoms with van der Waals surface area (Å²) in [7, 11) is 0. The van der Waals surface area contributed by atoms with Gasteiger partial charge in [-0.3, -0.25) is 14.5 Å². The molecule has 1 fully saturated rings. The zero-order chi connectivity index (χ0) is 18.5. The molecule has 6 heteroatoms. The molecule has 1 aliphatic heterocycles. The van der Waals surface area contributed by atoms with Crippen LogP contribution in [0.2, 0.25) is 0 Å². The van der Waals surface area contributed by atoms with Gasteiger partial charge in [0.1, 0.15) is 11.2 Å². The molecule has 0 spiro atoms. The number of anilines is 2. The van der Waals surface area contributed by atoms with Crippen LogP contribution in [0.5, 0.6) is 0 Å². The molecule has 0 radical (unpaired) electrons. The van der Waals surface area contributed by atoms with Crippen molar-refractivity contribution in [2.24, 2.45) is 0 Å². The number of nitrogens with zero attached hydrogens (tertiary/aromatic N) is 1. The van der Waals surface area contributed by atoms with Crippen LogP contribution in [0.1, 0.15) is 37.1 Å². The van der Waals surface area contributed by atoms with Crippen molar-refractivity contribution in [1.82, 2.24) is 0 Å². The number of benzene rings is 2. The molecule has 2 amide bonds. The minimum Gasteiger partial charge on any atom is -0.326 e. The van der Waals surface area contributed by atoms with Gasteiger partial charge in [0.05, 0.1) is 5.75 Å². The smallest absolute Gasteiger partial charge is 0.238 e. The minimum absolute atomic E-state index is 0.00593. The van der Waals surface area contributed by atoms with E-state index in [0.29, 0.717) is 17.9 Å². The first-order chi connectivity index (χ1) is 12.6. The Hall–Kier alpha value is -2.34. The quantitative estimate of drug-likeness (QED) is 0.797. The van der Waals surface area contributed by atoms with Crippen molar-refractivity contribution < 1.29 is 14.0 Å². The van der Waals surface area contributed by atoms with Gasteiger partial charge >= 0.3 is 0 Å². The Balaban J connectivity index is 1.75. The van der Waals surface area contributed by atoms with Crippen molar-refractivity contribution in [3.05, 3.63) is 59.9 Å². The summed E-state index contributed by atoms with van der Waals surface area (Å²) in [6.45, 7) is 2.05. The second kappa shape index (κ2) is 8.36. The lowest BCUT2D eigenvalue weighted by Crippen LogP contribution is -2.27. The molecule has 1 atom stereocenters. The van der Waals surface area contributed by atoms with E-state index in [2.05, 4.69) is 5.32 Å². The molecular weight excluding hydrogens is 351 g/mol. The average molecular weight is 372 g/mol. The Labute approximate surface area is 156 Å².